The van der Waals surface area contributed by atoms with Gasteiger partial charge in [-0.15, -0.1) is 0 Å². The Balaban J connectivity index is 1.67. The van der Waals surface area contributed by atoms with E-state index >= 15 is 0 Å². The molecule has 3 rings (SSSR count). The molecule has 8 heteroatoms. The summed E-state index contributed by atoms with van der Waals surface area (Å²) in [5, 5.41) is 9.31. The maximum Gasteiger partial charge on any atom is 0.266 e. The summed E-state index contributed by atoms with van der Waals surface area (Å²) < 4.78 is 1.37. The van der Waals surface area contributed by atoms with E-state index in [1.165, 1.54) is 21.6 Å². The van der Waals surface area contributed by atoms with Crippen LogP contribution in [0.3, 0.4) is 0 Å². The molecule has 1 saturated heterocycles. The van der Waals surface area contributed by atoms with Gasteiger partial charge in [0.2, 0.25) is 5.91 Å². The van der Waals surface area contributed by atoms with Gasteiger partial charge in [0.1, 0.15) is 4.32 Å². The van der Waals surface area contributed by atoms with Gasteiger partial charge in [0.05, 0.1) is 11.5 Å². The van der Waals surface area contributed by atoms with Crippen molar-refractivity contribution in [1.29, 1.82) is 0 Å². The molecule has 0 aliphatic carbocycles. The van der Waals surface area contributed by atoms with Gasteiger partial charge in [0.15, 0.2) is 0 Å². The zero-order valence-corrected chi connectivity index (χ0v) is 18.7. The van der Waals surface area contributed by atoms with E-state index < -0.39 is 0 Å². The zero-order chi connectivity index (χ0) is 20.8. The average Bonchev–Trinajstić information content (AvgIpc) is 2.97. The smallest absolute Gasteiger partial charge is 0.266 e. The number of halogens is 1. The number of thioether (sulfide) groups is 1. The first-order chi connectivity index (χ1) is 14.0. The van der Waals surface area contributed by atoms with Crippen LogP contribution in [-0.2, 0) is 9.59 Å². The molecule has 1 aliphatic heterocycles. The molecule has 0 radical (unpaired) electrons. The number of nitrogens with zero attached hydrogens (tertiary/aromatic N) is 2. The number of carbonyl (C=O) groups excluding carboxylic acids is 2. The fraction of sp³-hybridized carbons (Fsp3) is 0.190. The number of thiocarbonyl (C=S) groups is 1. The Labute approximate surface area is 187 Å². The maximum atomic E-state index is 12.8. The van der Waals surface area contributed by atoms with Crippen LogP contribution in [0.5, 0.6) is 0 Å². The highest BCUT2D eigenvalue weighted by atomic mass is 79.9. The highest BCUT2D eigenvalue weighted by Gasteiger charge is 2.32. The number of aliphatic hydroxyl groups excluding tert-OH is 1. The van der Waals surface area contributed by atoms with Gasteiger partial charge < -0.3 is 10.0 Å². The van der Waals surface area contributed by atoms with Crippen LogP contribution in [0.25, 0.3) is 6.08 Å². The summed E-state index contributed by atoms with van der Waals surface area (Å²) in [6.45, 7) is 0.259. The lowest BCUT2D eigenvalue weighted by atomic mass is 10.2. The van der Waals surface area contributed by atoms with Gasteiger partial charge in [0.25, 0.3) is 5.91 Å². The lowest BCUT2D eigenvalue weighted by Crippen LogP contribution is -2.37. The van der Waals surface area contributed by atoms with Crippen LogP contribution >= 0.6 is 39.9 Å². The van der Waals surface area contributed by atoms with Crippen LogP contribution in [0.15, 0.2) is 64.0 Å². The van der Waals surface area contributed by atoms with Crippen LogP contribution in [0, 0.1) is 0 Å². The number of amides is 2. The SMILES string of the molecule is O=C1C(=Cc2cccc(Br)c2)SC(=S)N1CCC(=O)N(CCO)c1ccccc1. The van der Waals surface area contributed by atoms with E-state index in [2.05, 4.69) is 15.9 Å². The second kappa shape index (κ2) is 10.2. The molecule has 0 saturated carbocycles. The van der Waals surface area contributed by atoms with E-state index in [0.29, 0.717) is 14.9 Å². The van der Waals surface area contributed by atoms with Gasteiger partial charge in [-0.05, 0) is 35.9 Å². The Bertz CT molecular complexity index is 950. The predicted octanol–water partition coefficient (Wildman–Crippen LogP) is 4.07. The van der Waals surface area contributed by atoms with E-state index in [-0.39, 0.29) is 37.9 Å². The first kappa shape index (κ1) is 21.7. The maximum absolute atomic E-state index is 12.8. The summed E-state index contributed by atoms with van der Waals surface area (Å²) in [5.41, 5.74) is 1.61. The van der Waals surface area contributed by atoms with E-state index in [1.54, 1.807) is 6.08 Å². The van der Waals surface area contributed by atoms with Gasteiger partial charge >= 0.3 is 0 Å². The number of rotatable bonds is 7. The molecule has 150 valence electrons. The third-order valence-electron chi connectivity index (χ3n) is 4.26. The number of para-hydroxylation sites is 1. The Morgan fingerprint density at radius 3 is 2.66 bits per heavy atom. The number of aliphatic hydroxyl groups is 1. The monoisotopic (exact) mass is 490 g/mol. The number of anilines is 1. The molecule has 2 aromatic rings. The highest BCUT2D eigenvalue weighted by molar-refractivity contribution is 9.10. The molecule has 1 heterocycles. The van der Waals surface area contributed by atoms with Crippen molar-refractivity contribution in [2.45, 2.75) is 6.42 Å². The largest absolute Gasteiger partial charge is 0.395 e. The molecule has 1 N–H and O–H groups in total. The van der Waals surface area contributed by atoms with Crippen molar-refractivity contribution in [3.05, 3.63) is 69.5 Å². The number of hydrogen-bond acceptors (Lipinski definition) is 5. The van der Waals surface area contributed by atoms with Gasteiger partial charge in [-0.1, -0.05) is 70.2 Å². The molecule has 29 heavy (non-hydrogen) atoms. The Kier molecular flexibility index (Phi) is 7.60. The summed E-state index contributed by atoms with van der Waals surface area (Å²) in [7, 11) is 0. The van der Waals surface area contributed by atoms with Crippen LogP contribution < -0.4 is 4.90 Å². The molecule has 2 amide bonds. The molecular weight excluding hydrogens is 472 g/mol. The van der Waals surface area contributed by atoms with E-state index in [4.69, 9.17) is 12.2 Å². The Hall–Kier alpha value is -2.00. The molecule has 0 spiro atoms. The van der Waals surface area contributed by atoms with Gasteiger partial charge in [0, 0.05) is 29.7 Å². The zero-order valence-electron chi connectivity index (χ0n) is 15.5. The van der Waals surface area contributed by atoms with Gasteiger partial charge in [-0.2, -0.15) is 0 Å². The minimum absolute atomic E-state index is 0.117. The van der Waals surface area contributed by atoms with E-state index in [9.17, 15) is 14.7 Å². The minimum atomic E-state index is -0.193. The number of benzene rings is 2. The lowest BCUT2D eigenvalue weighted by molar-refractivity contribution is -0.123. The van der Waals surface area contributed by atoms with Crippen molar-refractivity contribution < 1.29 is 14.7 Å². The summed E-state index contributed by atoms with van der Waals surface area (Å²) in [4.78, 5) is 29.0. The molecule has 1 aliphatic rings. The minimum Gasteiger partial charge on any atom is -0.395 e. The molecular formula is C21H19BrN2O3S2. The van der Waals surface area contributed by atoms with Gasteiger partial charge in [-0.3, -0.25) is 14.5 Å². The van der Waals surface area contributed by atoms with Gasteiger partial charge in [-0.25, -0.2) is 0 Å². The van der Waals surface area contributed by atoms with Crippen LogP contribution in [0.4, 0.5) is 5.69 Å². The van der Waals surface area contributed by atoms with Crippen LogP contribution in [0.1, 0.15) is 12.0 Å². The second-order valence-electron chi connectivity index (χ2n) is 6.24. The molecule has 0 atom stereocenters. The molecule has 2 aromatic carbocycles. The van der Waals surface area contributed by atoms with Crippen molar-refractivity contribution in [3.63, 3.8) is 0 Å². The fourth-order valence-electron chi connectivity index (χ4n) is 2.89. The second-order valence-corrected chi connectivity index (χ2v) is 8.83. The lowest BCUT2D eigenvalue weighted by Gasteiger charge is -2.23. The molecule has 5 nitrogen and oxygen atoms in total. The normalized spacial score (nSPS) is 15.2. The third-order valence-corrected chi connectivity index (χ3v) is 6.13. The van der Waals surface area contributed by atoms with Crippen molar-refractivity contribution in [3.8, 4) is 0 Å². The summed E-state index contributed by atoms with van der Waals surface area (Å²) in [6, 6.07) is 16.8. The van der Waals surface area contributed by atoms with Crippen molar-refractivity contribution in [2.24, 2.45) is 0 Å². The summed E-state index contributed by atoms with van der Waals surface area (Å²) in [6.07, 6.45) is 1.92. The first-order valence-electron chi connectivity index (χ1n) is 8.97. The van der Waals surface area contributed by atoms with E-state index in [1.807, 2.05) is 54.6 Å². The fourth-order valence-corrected chi connectivity index (χ4v) is 4.61. The van der Waals surface area contributed by atoms with Crippen molar-refractivity contribution in [1.82, 2.24) is 4.90 Å². The third kappa shape index (κ3) is 5.54. The van der Waals surface area contributed by atoms with Crippen LogP contribution in [0.2, 0.25) is 0 Å². The molecule has 0 unspecified atom stereocenters. The van der Waals surface area contributed by atoms with E-state index in [0.717, 1.165) is 10.0 Å². The summed E-state index contributed by atoms with van der Waals surface area (Å²) in [5.74, 6) is -0.364. The standard InChI is InChI=1S/C21H19BrN2O3S2/c22-16-6-4-5-15(13-16)14-18-20(27)24(21(28)29-18)10-9-19(26)23(11-12-25)17-7-2-1-3-8-17/h1-8,13-14,25H,9-12H2. The van der Waals surface area contributed by atoms with Crippen molar-refractivity contribution in [2.75, 3.05) is 24.6 Å². The highest BCUT2D eigenvalue weighted by Crippen LogP contribution is 2.33. The Morgan fingerprint density at radius 2 is 1.97 bits per heavy atom. The average molecular weight is 491 g/mol. The molecule has 0 bridgehead atoms. The topological polar surface area (TPSA) is 60.9 Å². The summed E-state index contributed by atoms with van der Waals surface area (Å²) >= 11 is 10.0. The first-order valence-corrected chi connectivity index (χ1v) is 11.0. The quantitative estimate of drug-likeness (QED) is 0.468. The molecule has 1 fully saturated rings. The molecule has 0 aromatic heterocycles. The Morgan fingerprint density at radius 1 is 1.21 bits per heavy atom. The number of hydrogen-bond donors (Lipinski definition) is 1. The predicted molar refractivity (Wildman–Crippen MR) is 125 cm³/mol. The number of carbonyl (C=O) groups is 2. The van der Waals surface area contributed by atoms with Crippen LogP contribution in [-0.4, -0.2) is 45.8 Å². The van der Waals surface area contributed by atoms with Crippen molar-refractivity contribution >= 4 is 67.8 Å².